The molecule has 10 heteroatoms. The second-order valence-electron chi connectivity index (χ2n) is 4.16. The van der Waals surface area contributed by atoms with Gasteiger partial charge < -0.3 is 4.98 Å². The van der Waals surface area contributed by atoms with Gasteiger partial charge in [0.05, 0.1) is 17.5 Å². The Morgan fingerprint density at radius 1 is 1.32 bits per heavy atom. The summed E-state index contributed by atoms with van der Waals surface area (Å²) in [7, 11) is 0. The van der Waals surface area contributed by atoms with E-state index in [9.17, 15) is 10.1 Å². The van der Waals surface area contributed by atoms with Crippen LogP contribution >= 0.6 is 11.6 Å². The van der Waals surface area contributed by atoms with Crippen LogP contribution < -0.4 is 5.43 Å². The van der Waals surface area contributed by atoms with Crippen LogP contribution in [0, 0.1) is 10.1 Å². The summed E-state index contributed by atoms with van der Waals surface area (Å²) in [5, 5.41) is 14.6. The van der Waals surface area contributed by atoms with Gasteiger partial charge >= 0.3 is 0 Å². The average molecular weight is 318 g/mol. The van der Waals surface area contributed by atoms with Crippen LogP contribution in [0.5, 0.6) is 0 Å². The topological polar surface area (TPSA) is 122 Å². The third-order valence-electron chi connectivity index (χ3n) is 2.74. The highest BCUT2D eigenvalue weighted by atomic mass is 35.5. The molecular weight excluding hydrogens is 310 g/mol. The number of H-pyrrole nitrogens is 1. The molecule has 0 saturated carbocycles. The number of nitrogens with zero attached hydrogens (tertiary/aromatic N) is 5. The molecule has 9 nitrogen and oxygen atoms in total. The van der Waals surface area contributed by atoms with Crippen molar-refractivity contribution in [3.8, 4) is 0 Å². The molecule has 2 heterocycles. The van der Waals surface area contributed by atoms with Crippen molar-refractivity contribution in [2.45, 2.75) is 0 Å². The van der Waals surface area contributed by atoms with Gasteiger partial charge in [0.15, 0.2) is 17.0 Å². The molecule has 1 aromatic carbocycles. The molecule has 0 spiro atoms. The number of nitro benzene ring substituents is 1. The normalized spacial score (nSPS) is 11.1. The molecule has 0 amide bonds. The molecule has 0 saturated heterocycles. The van der Waals surface area contributed by atoms with Crippen molar-refractivity contribution in [1.29, 1.82) is 0 Å². The Labute approximate surface area is 128 Å². The summed E-state index contributed by atoms with van der Waals surface area (Å²) in [6.45, 7) is 0. The fraction of sp³-hybridized carbons (Fsp3) is 0. The summed E-state index contributed by atoms with van der Waals surface area (Å²) < 4.78 is 0. The summed E-state index contributed by atoms with van der Waals surface area (Å²) in [6, 6.07) is 5.96. The highest BCUT2D eigenvalue weighted by Crippen LogP contribution is 2.18. The van der Waals surface area contributed by atoms with E-state index in [2.05, 4.69) is 30.5 Å². The predicted molar refractivity (Wildman–Crippen MR) is 81.0 cm³/mol. The van der Waals surface area contributed by atoms with Gasteiger partial charge in [0.1, 0.15) is 0 Å². The molecule has 0 fully saturated rings. The lowest BCUT2D eigenvalue weighted by atomic mass is 10.2. The van der Waals surface area contributed by atoms with E-state index in [0.29, 0.717) is 22.5 Å². The van der Waals surface area contributed by atoms with Gasteiger partial charge in [-0.25, -0.2) is 4.98 Å². The average Bonchev–Trinajstić information content (AvgIpc) is 2.96. The number of aromatic amines is 1. The molecule has 3 rings (SSSR count). The Kier molecular flexibility index (Phi) is 3.62. The second-order valence-corrected chi connectivity index (χ2v) is 4.50. The van der Waals surface area contributed by atoms with Crippen molar-refractivity contribution in [3.63, 3.8) is 0 Å². The number of hydrogen-bond donors (Lipinski definition) is 2. The SMILES string of the molecule is O=[N+]([O-])c1ccc(C=NNc2nc(Cl)nc3[nH]cnc23)cc1. The third kappa shape index (κ3) is 2.83. The number of halogens is 1. The van der Waals surface area contributed by atoms with Gasteiger partial charge in [-0.2, -0.15) is 15.1 Å². The van der Waals surface area contributed by atoms with Gasteiger partial charge in [0.2, 0.25) is 5.28 Å². The first-order valence-electron chi connectivity index (χ1n) is 6.03. The standard InChI is InChI=1S/C12H8ClN7O2/c13-12-17-10-9(14-6-15-10)11(18-12)19-16-5-7-1-3-8(4-2-7)20(21)22/h1-6H,(H2,14,15,17,18,19). The van der Waals surface area contributed by atoms with E-state index in [-0.39, 0.29) is 11.0 Å². The fourth-order valence-corrected chi connectivity index (χ4v) is 1.91. The Balaban J connectivity index is 1.78. The molecule has 0 aliphatic heterocycles. The van der Waals surface area contributed by atoms with E-state index in [1.165, 1.54) is 24.7 Å². The number of imidazole rings is 1. The maximum Gasteiger partial charge on any atom is 0.269 e. The number of nitrogens with one attached hydrogen (secondary N) is 2. The highest BCUT2D eigenvalue weighted by Gasteiger charge is 2.08. The number of hydrogen-bond acceptors (Lipinski definition) is 7. The van der Waals surface area contributed by atoms with Gasteiger partial charge in [0, 0.05) is 12.1 Å². The number of fused-ring (bicyclic) bond motifs is 1. The fourth-order valence-electron chi connectivity index (χ4n) is 1.74. The molecule has 110 valence electrons. The van der Waals surface area contributed by atoms with Crippen LogP contribution in [0.1, 0.15) is 5.56 Å². The van der Waals surface area contributed by atoms with Gasteiger partial charge in [-0.3, -0.25) is 15.5 Å². The molecule has 0 bridgehead atoms. The smallest absolute Gasteiger partial charge is 0.269 e. The van der Waals surface area contributed by atoms with Crippen molar-refractivity contribution < 1.29 is 4.92 Å². The first kappa shape index (κ1) is 13.9. The minimum Gasteiger partial charge on any atom is -0.329 e. The summed E-state index contributed by atoms with van der Waals surface area (Å²) in [5.41, 5.74) is 4.43. The Bertz CT molecular complexity index is 860. The van der Waals surface area contributed by atoms with E-state index in [4.69, 9.17) is 11.6 Å². The molecule has 0 aliphatic rings. The lowest BCUT2D eigenvalue weighted by Gasteiger charge is -2.00. The minimum absolute atomic E-state index is 0.0194. The van der Waals surface area contributed by atoms with Crippen LogP contribution in [-0.4, -0.2) is 31.1 Å². The monoisotopic (exact) mass is 317 g/mol. The van der Waals surface area contributed by atoms with Crippen molar-refractivity contribution in [2.75, 3.05) is 5.43 Å². The van der Waals surface area contributed by atoms with Gasteiger partial charge in [0.25, 0.3) is 5.69 Å². The quantitative estimate of drug-likeness (QED) is 0.329. The summed E-state index contributed by atoms with van der Waals surface area (Å²) in [5.74, 6) is 0.356. The second kappa shape index (κ2) is 5.74. The largest absolute Gasteiger partial charge is 0.329 e. The van der Waals surface area contributed by atoms with Gasteiger partial charge in [-0.1, -0.05) is 0 Å². The molecule has 0 atom stereocenters. The zero-order valence-corrected chi connectivity index (χ0v) is 11.7. The Morgan fingerprint density at radius 3 is 2.82 bits per heavy atom. The zero-order chi connectivity index (χ0) is 15.5. The van der Waals surface area contributed by atoms with E-state index in [0.717, 1.165) is 0 Å². The summed E-state index contributed by atoms with van der Waals surface area (Å²) in [6.07, 6.45) is 2.97. The van der Waals surface area contributed by atoms with E-state index in [1.807, 2.05) is 0 Å². The van der Waals surface area contributed by atoms with Crippen LogP contribution in [0.3, 0.4) is 0 Å². The maximum atomic E-state index is 10.6. The first-order valence-corrected chi connectivity index (χ1v) is 6.41. The van der Waals surface area contributed by atoms with Crippen LogP contribution in [0.2, 0.25) is 5.28 Å². The number of hydrazone groups is 1. The summed E-state index contributed by atoms with van der Waals surface area (Å²) in [4.78, 5) is 25.0. The lowest BCUT2D eigenvalue weighted by molar-refractivity contribution is -0.384. The number of benzene rings is 1. The minimum atomic E-state index is -0.462. The van der Waals surface area contributed by atoms with E-state index < -0.39 is 4.92 Å². The maximum absolute atomic E-state index is 10.6. The van der Waals surface area contributed by atoms with Crippen molar-refractivity contribution >= 4 is 40.5 Å². The van der Waals surface area contributed by atoms with Crippen LogP contribution in [0.15, 0.2) is 35.7 Å². The number of non-ortho nitro benzene ring substituents is 1. The highest BCUT2D eigenvalue weighted by molar-refractivity contribution is 6.28. The van der Waals surface area contributed by atoms with Crippen LogP contribution in [-0.2, 0) is 0 Å². The van der Waals surface area contributed by atoms with Gasteiger partial charge in [-0.15, -0.1) is 0 Å². The molecule has 0 unspecified atom stereocenters. The van der Waals surface area contributed by atoms with Crippen molar-refractivity contribution in [3.05, 3.63) is 51.6 Å². The molecule has 22 heavy (non-hydrogen) atoms. The molecular formula is C12H8ClN7O2. The molecule has 0 radical (unpaired) electrons. The summed E-state index contributed by atoms with van der Waals surface area (Å²) >= 11 is 5.80. The molecule has 0 aliphatic carbocycles. The molecule has 2 N–H and O–H groups in total. The number of anilines is 1. The molecule has 2 aromatic heterocycles. The zero-order valence-electron chi connectivity index (χ0n) is 10.9. The molecule has 3 aromatic rings. The van der Waals surface area contributed by atoms with E-state index in [1.54, 1.807) is 12.1 Å². The number of nitro groups is 1. The Hall–Kier alpha value is -3.07. The van der Waals surface area contributed by atoms with E-state index >= 15 is 0 Å². The van der Waals surface area contributed by atoms with Crippen LogP contribution in [0.25, 0.3) is 11.2 Å². The lowest BCUT2D eigenvalue weighted by Crippen LogP contribution is -1.97. The number of rotatable bonds is 4. The first-order chi connectivity index (χ1) is 10.6. The van der Waals surface area contributed by atoms with Crippen LogP contribution in [0.4, 0.5) is 11.5 Å². The van der Waals surface area contributed by atoms with Crippen molar-refractivity contribution in [1.82, 2.24) is 19.9 Å². The predicted octanol–water partition coefficient (Wildman–Crippen LogP) is 2.36. The third-order valence-corrected chi connectivity index (χ3v) is 2.91. The number of aromatic nitrogens is 4. The van der Waals surface area contributed by atoms with Crippen molar-refractivity contribution in [2.24, 2.45) is 5.10 Å². The van der Waals surface area contributed by atoms with Gasteiger partial charge in [-0.05, 0) is 29.3 Å². The Morgan fingerprint density at radius 2 is 2.09 bits per heavy atom.